The fourth-order valence-corrected chi connectivity index (χ4v) is 2.03. The van der Waals surface area contributed by atoms with Gasteiger partial charge in [0.05, 0.1) is 5.92 Å². The zero-order chi connectivity index (χ0) is 13.0. The number of nitrogens with zero attached hydrogens (tertiary/aromatic N) is 1. The molecule has 1 heterocycles. The maximum absolute atomic E-state index is 11.8. The van der Waals surface area contributed by atoms with E-state index in [0.29, 0.717) is 25.4 Å². The summed E-state index contributed by atoms with van der Waals surface area (Å²) in [7, 11) is 0. The number of halogens is 1. The first-order chi connectivity index (χ1) is 7.90. The summed E-state index contributed by atoms with van der Waals surface area (Å²) in [4.78, 5) is 25.2. The van der Waals surface area contributed by atoms with Crippen molar-refractivity contribution < 1.29 is 9.59 Å². The highest BCUT2D eigenvalue weighted by molar-refractivity contribution is 9.11. The molecule has 0 spiro atoms. The van der Waals surface area contributed by atoms with Crippen LogP contribution in [0, 0.1) is 11.8 Å². The lowest BCUT2D eigenvalue weighted by Crippen LogP contribution is -2.34. The molecule has 0 radical (unpaired) electrons. The standard InChI is InChI=1S/C12H19BrN2O2/c1-8(2)6-15-7-10(4-11(15)16)12(17)14-5-9(3)13/h8,10H,3-7H2,1-2H3,(H,14,17). The van der Waals surface area contributed by atoms with Gasteiger partial charge in [-0.05, 0) is 5.92 Å². The molecule has 0 aromatic carbocycles. The first kappa shape index (κ1) is 14.2. The minimum absolute atomic E-state index is 0.0646. The van der Waals surface area contributed by atoms with Crippen LogP contribution < -0.4 is 5.32 Å². The molecule has 1 unspecified atom stereocenters. The van der Waals surface area contributed by atoms with E-state index in [1.165, 1.54) is 0 Å². The van der Waals surface area contributed by atoms with E-state index in [4.69, 9.17) is 0 Å². The second-order valence-corrected chi connectivity index (χ2v) is 5.95. The second kappa shape index (κ2) is 6.19. The van der Waals surface area contributed by atoms with Gasteiger partial charge in [-0.15, -0.1) is 0 Å². The lowest BCUT2D eigenvalue weighted by atomic mass is 10.1. The van der Waals surface area contributed by atoms with Gasteiger partial charge < -0.3 is 10.2 Å². The molecule has 0 aromatic heterocycles. The van der Waals surface area contributed by atoms with Crippen molar-refractivity contribution in [1.29, 1.82) is 0 Å². The Kier molecular flexibility index (Phi) is 5.18. The van der Waals surface area contributed by atoms with Gasteiger partial charge in [-0.3, -0.25) is 9.59 Å². The summed E-state index contributed by atoms with van der Waals surface area (Å²) in [6.45, 7) is 9.46. The third-order valence-corrected chi connectivity index (χ3v) is 2.91. The first-order valence-electron chi connectivity index (χ1n) is 5.79. The van der Waals surface area contributed by atoms with Gasteiger partial charge in [-0.25, -0.2) is 0 Å². The maximum Gasteiger partial charge on any atom is 0.225 e. The van der Waals surface area contributed by atoms with Gasteiger partial charge in [0.25, 0.3) is 0 Å². The van der Waals surface area contributed by atoms with Crippen molar-refractivity contribution in [3.8, 4) is 0 Å². The third-order valence-electron chi connectivity index (χ3n) is 2.63. The number of nitrogens with one attached hydrogen (secondary N) is 1. The summed E-state index contributed by atoms with van der Waals surface area (Å²) in [5.74, 6) is 0.234. The van der Waals surface area contributed by atoms with Crippen molar-refractivity contribution in [2.75, 3.05) is 19.6 Å². The molecule has 1 aliphatic heterocycles. The number of hydrogen-bond donors (Lipinski definition) is 1. The molecule has 17 heavy (non-hydrogen) atoms. The Bertz CT molecular complexity index is 328. The van der Waals surface area contributed by atoms with Crippen LogP contribution in [0.3, 0.4) is 0 Å². The Morgan fingerprint density at radius 1 is 1.65 bits per heavy atom. The van der Waals surface area contributed by atoms with E-state index < -0.39 is 0 Å². The fourth-order valence-electron chi connectivity index (χ4n) is 1.89. The summed E-state index contributed by atoms with van der Waals surface area (Å²) in [5.41, 5.74) is 0. The highest BCUT2D eigenvalue weighted by Crippen LogP contribution is 2.19. The lowest BCUT2D eigenvalue weighted by Gasteiger charge is -2.18. The SMILES string of the molecule is C=C(Br)CNC(=O)C1CC(=O)N(CC(C)C)C1. The van der Waals surface area contributed by atoms with Crippen LogP contribution in [0.15, 0.2) is 11.1 Å². The molecule has 5 heteroatoms. The van der Waals surface area contributed by atoms with Crippen molar-refractivity contribution in [3.05, 3.63) is 11.1 Å². The van der Waals surface area contributed by atoms with Crippen molar-refractivity contribution in [3.63, 3.8) is 0 Å². The molecule has 1 fully saturated rings. The van der Waals surface area contributed by atoms with Gasteiger partial charge in [-0.1, -0.05) is 36.4 Å². The van der Waals surface area contributed by atoms with Gasteiger partial charge in [-0.2, -0.15) is 0 Å². The van der Waals surface area contributed by atoms with Gasteiger partial charge in [0.1, 0.15) is 0 Å². The van der Waals surface area contributed by atoms with Gasteiger partial charge in [0, 0.05) is 30.5 Å². The first-order valence-corrected chi connectivity index (χ1v) is 6.58. The molecule has 1 atom stereocenters. The molecule has 1 N–H and O–H groups in total. The predicted octanol–water partition coefficient (Wildman–Crippen LogP) is 1.52. The highest BCUT2D eigenvalue weighted by Gasteiger charge is 2.34. The van der Waals surface area contributed by atoms with Crippen LogP contribution in [-0.4, -0.2) is 36.3 Å². The Morgan fingerprint density at radius 3 is 2.82 bits per heavy atom. The number of likely N-dealkylation sites (tertiary alicyclic amines) is 1. The van der Waals surface area contributed by atoms with E-state index in [1.807, 2.05) is 0 Å². The average molecular weight is 303 g/mol. The van der Waals surface area contributed by atoms with E-state index in [1.54, 1.807) is 4.90 Å². The fraction of sp³-hybridized carbons (Fsp3) is 0.667. The molecule has 2 amide bonds. The van der Waals surface area contributed by atoms with E-state index in [9.17, 15) is 9.59 Å². The second-order valence-electron chi connectivity index (χ2n) is 4.83. The quantitative estimate of drug-likeness (QED) is 0.837. The van der Waals surface area contributed by atoms with Crippen LogP contribution in [0.5, 0.6) is 0 Å². The Balaban J connectivity index is 2.45. The molecule has 4 nitrogen and oxygen atoms in total. The van der Waals surface area contributed by atoms with Crippen LogP contribution in [0.4, 0.5) is 0 Å². The zero-order valence-electron chi connectivity index (χ0n) is 10.3. The number of rotatable bonds is 5. The lowest BCUT2D eigenvalue weighted by molar-refractivity contribution is -0.129. The van der Waals surface area contributed by atoms with Crippen molar-refractivity contribution in [2.24, 2.45) is 11.8 Å². The molecular formula is C12H19BrN2O2. The highest BCUT2D eigenvalue weighted by atomic mass is 79.9. The number of hydrogen-bond acceptors (Lipinski definition) is 2. The van der Waals surface area contributed by atoms with Crippen LogP contribution in [0.1, 0.15) is 20.3 Å². The molecule has 0 aromatic rings. The van der Waals surface area contributed by atoms with Crippen molar-refractivity contribution in [2.45, 2.75) is 20.3 Å². The van der Waals surface area contributed by atoms with Gasteiger partial charge >= 0.3 is 0 Å². The van der Waals surface area contributed by atoms with E-state index in [2.05, 4.69) is 41.7 Å². The Hall–Kier alpha value is -0.840. The third kappa shape index (κ3) is 4.50. The largest absolute Gasteiger partial charge is 0.351 e. The van der Waals surface area contributed by atoms with Gasteiger partial charge in [0.15, 0.2) is 0 Å². The Morgan fingerprint density at radius 2 is 2.29 bits per heavy atom. The minimum atomic E-state index is -0.215. The summed E-state index contributed by atoms with van der Waals surface area (Å²) in [5, 5.41) is 2.75. The molecule has 1 aliphatic rings. The molecule has 0 bridgehead atoms. The molecule has 96 valence electrons. The summed E-state index contributed by atoms with van der Waals surface area (Å²) >= 11 is 3.18. The van der Waals surface area contributed by atoms with E-state index in [-0.39, 0.29) is 17.7 Å². The van der Waals surface area contributed by atoms with Crippen LogP contribution in [-0.2, 0) is 9.59 Å². The maximum atomic E-state index is 11.8. The molecule has 1 saturated heterocycles. The van der Waals surface area contributed by atoms with Crippen LogP contribution in [0.2, 0.25) is 0 Å². The van der Waals surface area contributed by atoms with E-state index in [0.717, 1.165) is 11.0 Å². The number of carbonyl (C=O) groups excluding carboxylic acids is 2. The summed E-state index contributed by atoms with van der Waals surface area (Å²) in [6, 6.07) is 0. The minimum Gasteiger partial charge on any atom is -0.351 e. The smallest absolute Gasteiger partial charge is 0.225 e. The van der Waals surface area contributed by atoms with E-state index >= 15 is 0 Å². The summed E-state index contributed by atoms with van der Waals surface area (Å²) < 4.78 is 0.731. The van der Waals surface area contributed by atoms with Crippen molar-refractivity contribution in [1.82, 2.24) is 10.2 Å². The molecular weight excluding hydrogens is 284 g/mol. The van der Waals surface area contributed by atoms with Crippen molar-refractivity contribution >= 4 is 27.7 Å². The molecule has 0 saturated carbocycles. The molecule has 0 aliphatic carbocycles. The van der Waals surface area contributed by atoms with Gasteiger partial charge in [0.2, 0.25) is 11.8 Å². The van der Waals surface area contributed by atoms with Crippen LogP contribution >= 0.6 is 15.9 Å². The molecule has 1 rings (SSSR count). The normalized spacial score (nSPS) is 19.9. The topological polar surface area (TPSA) is 49.4 Å². The monoisotopic (exact) mass is 302 g/mol. The number of carbonyl (C=O) groups is 2. The number of amides is 2. The zero-order valence-corrected chi connectivity index (χ0v) is 11.9. The predicted molar refractivity (Wildman–Crippen MR) is 70.6 cm³/mol. The average Bonchev–Trinajstić information content (AvgIpc) is 2.56. The van der Waals surface area contributed by atoms with Crippen LogP contribution in [0.25, 0.3) is 0 Å². The summed E-state index contributed by atoms with van der Waals surface area (Å²) in [6.07, 6.45) is 0.327. The Labute approximate surface area is 111 Å².